The number of thioether (sulfide) groups is 1. The predicted octanol–water partition coefficient (Wildman–Crippen LogP) is 4.42. The Morgan fingerprint density at radius 2 is 2.14 bits per heavy atom. The fourth-order valence-electron chi connectivity index (χ4n) is 2.25. The topological polar surface area (TPSA) is 39.9 Å². The number of hydrogen-bond donors (Lipinski definition) is 0. The van der Waals surface area contributed by atoms with Gasteiger partial charge in [0.2, 0.25) is 0 Å². The monoisotopic (exact) mass is 331 g/mol. The molecule has 0 fully saturated rings. The molecule has 0 amide bonds. The largest absolute Gasteiger partial charge is 0.495 e. The Kier molecular flexibility index (Phi) is 4.49. The normalized spacial score (nSPS) is 10.9. The van der Waals surface area contributed by atoms with Crippen LogP contribution in [0.4, 0.5) is 0 Å². The third-order valence-electron chi connectivity index (χ3n) is 3.22. The van der Waals surface area contributed by atoms with Crippen molar-refractivity contribution in [3.63, 3.8) is 0 Å². The first kappa shape index (κ1) is 15.1. The zero-order chi connectivity index (χ0) is 15.5. The summed E-state index contributed by atoms with van der Waals surface area (Å²) in [5, 5.41) is 11.7. The standard InChI is InChI=1S/C16H17N3OS2/c1-4-21-16-18-17-15(14-6-5-9-22-14)19(16)12-10-11(2)7-8-13(12)20-3/h5-10H,4H2,1-3H3. The number of methoxy groups -OCH3 is 1. The SMILES string of the molecule is CCSc1nnc(-c2cccs2)n1-c1cc(C)ccc1OC. The molecule has 0 aliphatic carbocycles. The van der Waals surface area contributed by atoms with Gasteiger partial charge >= 0.3 is 0 Å². The Balaban J connectivity index is 2.24. The van der Waals surface area contributed by atoms with Crippen LogP contribution < -0.4 is 4.74 Å². The molecule has 0 aliphatic heterocycles. The molecule has 22 heavy (non-hydrogen) atoms. The molecule has 0 bridgehead atoms. The van der Waals surface area contributed by atoms with Crippen LogP contribution in [0, 0.1) is 6.92 Å². The smallest absolute Gasteiger partial charge is 0.196 e. The fraction of sp³-hybridized carbons (Fsp3) is 0.250. The lowest BCUT2D eigenvalue weighted by Gasteiger charge is -2.14. The van der Waals surface area contributed by atoms with Crippen LogP contribution in [0.3, 0.4) is 0 Å². The van der Waals surface area contributed by atoms with Gasteiger partial charge in [-0.15, -0.1) is 21.5 Å². The molecule has 1 aromatic carbocycles. The van der Waals surface area contributed by atoms with Gasteiger partial charge in [-0.3, -0.25) is 4.57 Å². The lowest BCUT2D eigenvalue weighted by atomic mass is 10.2. The number of rotatable bonds is 5. The Hall–Kier alpha value is -1.79. The summed E-state index contributed by atoms with van der Waals surface area (Å²) in [5.74, 6) is 2.62. The molecule has 0 saturated carbocycles. The van der Waals surface area contributed by atoms with Crippen LogP contribution in [0.5, 0.6) is 5.75 Å². The van der Waals surface area contributed by atoms with Crippen LogP contribution in [-0.4, -0.2) is 27.6 Å². The molecule has 0 atom stereocenters. The van der Waals surface area contributed by atoms with Gasteiger partial charge in [-0.2, -0.15) is 0 Å². The molecule has 3 aromatic rings. The maximum Gasteiger partial charge on any atom is 0.196 e. The van der Waals surface area contributed by atoms with Crippen molar-refractivity contribution >= 4 is 23.1 Å². The molecule has 0 aliphatic rings. The number of benzene rings is 1. The predicted molar refractivity (Wildman–Crippen MR) is 92.4 cm³/mol. The van der Waals surface area contributed by atoms with E-state index in [4.69, 9.17) is 4.74 Å². The molecular formula is C16H17N3OS2. The van der Waals surface area contributed by atoms with Crippen molar-refractivity contribution < 1.29 is 4.74 Å². The molecule has 4 nitrogen and oxygen atoms in total. The van der Waals surface area contributed by atoms with Gasteiger partial charge < -0.3 is 4.74 Å². The third-order valence-corrected chi connectivity index (χ3v) is 4.90. The minimum absolute atomic E-state index is 0.821. The van der Waals surface area contributed by atoms with Crippen molar-refractivity contribution in [3.8, 4) is 22.1 Å². The van der Waals surface area contributed by atoms with Crippen molar-refractivity contribution in [3.05, 3.63) is 41.3 Å². The number of hydrogen-bond acceptors (Lipinski definition) is 5. The summed E-state index contributed by atoms with van der Waals surface area (Å²) >= 11 is 3.34. The van der Waals surface area contributed by atoms with Crippen LogP contribution in [0.2, 0.25) is 0 Å². The highest BCUT2D eigenvalue weighted by Gasteiger charge is 2.19. The molecule has 2 heterocycles. The summed E-state index contributed by atoms with van der Waals surface area (Å²) < 4.78 is 7.64. The highest BCUT2D eigenvalue weighted by atomic mass is 32.2. The van der Waals surface area contributed by atoms with Crippen molar-refractivity contribution in [2.45, 2.75) is 19.0 Å². The fourth-order valence-corrected chi connectivity index (χ4v) is 3.62. The molecule has 0 radical (unpaired) electrons. The lowest BCUT2D eigenvalue weighted by Crippen LogP contribution is -2.02. The van der Waals surface area contributed by atoms with Crippen molar-refractivity contribution in [1.29, 1.82) is 0 Å². The molecule has 0 spiro atoms. The van der Waals surface area contributed by atoms with E-state index in [1.807, 2.05) is 18.2 Å². The molecule has 114 valence electrons. The zero-order valence-electron chi connectivity index (χ0n) is 12.7. The van der Waals surface area contributed by atoms with Crippen molar-refractivity contribution in [2.24, 2.45) is 0 Å². The summed E-state index contributed by atoms with van der Waals surface area (Å²) in [4.78, 5) is 1.10. The van der Waals surface area contributed by atoms with Crippen molar-refractivity contribution in [2.75, 3.05) is 12.9 Å². The van der Waals surface area contributed by atoms with Crippen LogP contribution in [0.25, 0.3) is 16.4 Å². The van der Waals surface area contributed by atoms with E-state index in [0.717, 1.165) is 33.0 Å². The van der Waals surface area contributed by atoms with Gasteiger partial charge in [0.05, 0.1) is 17.7 Å². The first-order valence-electron chi connectivity index (χ1n) is 7.01. The van der Waals surface area contributed by atoms with E-state index in [2.05, 4.69) is 46.1 Å². The van der Waals surface area contributed by atoms with Gasteiger partial charge in [-0.1, -0.05) is 30.8 Å². The molecular weight excluding hydrogens is 314 g/mol. The third kappa shape index (κ3) is 2.76. The van der Waals surface area contributed by atoms with E-state index in [1.54, 1.807) is 30.2 Å². The first-order valence-corrected chi connectivity index (χ1v) is 8.88. The molecule has 0 saturated heterocycles. The number of nitrogens with zero attached hydrogens (tertiary/aromatic N) is 3. The maximum absolute atomic E-state index is 5.55. The van der Waals surface area contributed by atoms with E-state index in [1.165, 1.54) is 5.56 Å². The number of aromatic nitrogens is 3. The summed E-state index contributed by atoms with van der Waals surface area (Å²) in [7, 11) is 1.69. The molecule has 6 heteroatoms. The van der Waals surface area contributed by atoms with Gasteiger partial charge in [0.15, 0.2) is 11.0 Å². The second kappa shape index (κ2) is 6.54. The summed E-state index contributed by atoms with van der Waals surface area (Å²) in [6, 6.07) is 10.2. The Bertz CT molecular complexity index is 766. The number of aryl methyl sites for hydroxylation is 1. The van der Waals surface area contributed by atoms with E-state index >= 15 is 0 Å². The maximum atomic E-state index is 5.55. The van der Waals surface area contributed by atoms with Crippen molar-refractivity contribution in [1.82, 2.24) is 14.8 Å². The second-order valence-corrected chi connectivity index (χ2v) is 6.91. The highest BCUT2D eigenvalue weighted by Crippen LogP contribution is 2.34. The van der Waals surface area contributed by atoms with Crippen LogP contribution in [0.1, 0.15) is 12.5 Å². The van der Waals surface area contributed by atoms with Crippen LogP contribution >= 0.6 is 23.1 Å². The zero-order valence-corrected chi connectivity index (χ0v) is 14.4. The lowest BCUT2D eigenvalue weighted by molar-refractivity contribution is 0.412. The quantitative estimate of drug-likeness (QED) is 0.649. The second-order valence-electron chi connectivity index (χ2n) is 4.73. The van der Waals surface area contributed by atoms with Crippen LogP contribution in [0.15, 0.2) is 40.9 Å². The number of ether oxygens (including phenoxy) is 1. The summed E-state index contributed by atoms with van der Waals surface area (Å²) in [6.07, 6.45) is 0. The molecule has 2 aromatic heterocycles. The first-order chi connectivity index (χ1) is 10.7. The molecule has 0 N–H and O–H groups in total. The Labute approximate surface area is 138 Å². The minimum atomic E-state index is 0.821. The minimum Gasteiger partial charge on any atom is -0.495 e. The van der Waals surface area contributed by atoms with Gasteiger partial charge in [0, 0.05) is 0 Å². The average Bonchev–Trinajstić information content (AvgIpc) is 3.16. The van der Waals surface area contributed by atoms with E-state index in [-0.39, 0.29) is 0 Å². The molecule has 3 rings (SSSR count). The van der Waals surface area contributed by atoms with E-state index < -0.39 is 0 Å². The number of thiophene rings is 1. The van der Waals surface area contributed by atoms with Gasteiger partial charge in [0.25, 0.3) is 0 Å². The Morgan fingerprint density at radius 1 is 1.27 bits per heavy atom. The van der Waals surface area contributed by atoms with Gasteiger partial charge in [-0.05, 0) is 41.8 Å². The molecule has 0 unspecified atom stereocenters. The average molecular weight is 331 g/mol. The summed E-state index contributed by atoms with van der Waals surface area (Å²) in [5.41, 5.74) is 2.15. The van der Waals surface area contributed by atoms with E-state index in [9.17, 15) is 0 Å². The van der Waals surface area contributed by atoms with Crippen LogP contribution in [-0.2, 0) is 0 Å². The van der Waals surface area contributed by atoms with Gasteiger partial charge in [0.1, 0.15) is 5.75 Å². The van der Waals surface area contributed by atoms with E-state index in [0.29, 0.717) is 0 Å². The Morgan fingerprint density at radius 3 is 2.82 bits per heavy atom. The highest BCUT2D eigenvalue weighted by molar-refractivity contribution is 7.99. The van der Waals surface area contributed by atoms with Gasteiger partial charge in [-0.25, -0.2) is 0 Å². The summed E-state index contributed by atoms with van der Waals surface area (Å²) in [6.45, 7) is 4.19.